The number of para-hydroxylation sites is 2. The van der Waals surface area contributed by atoms with Crippen molar-refractivity contribution in [1.82, 2.24) is 0 Å². The molecule has 0 fully saturated rings. The van der Waals surface area contributed by atoms with Crippen molar-refractivity contribution in [3.63, 3.8) is 0 Å². The lowest BCUT2D eigenvalue weighted by atomic mass is 9.83. The van der Waals surface area contributed by atoms with E-state index < -0.39 is 19.1 Å². The first-order valence-corrected chi connectivity index (χ1v) is 10.1. The van der Waals surface area contributed by atoms with E-state index in [1.165, 1.54) is 18.9 Å². The third-order valence-electron chi connectivity index (χ3n) is 4.20. The van der Waals surface area contributed by atoms with Crippen LogP contribution in [0.15, 0.2) is 42.5 Å². The lowest BCUT2D eigenvalue weighted by molar-refractivity contribution is -0.142. The monoisotopic (exact) mass is 431 g/mol. The molecule has 1 N–H and O–H groups in total. The molecule has 146 valence electrons. The average molecular weight is 432 g/mol. The molecular formula is C18H20Cl2NO5P. The number of nitrogens with zero attached hydrogens (tertiary/aromatic N) is 1. The lowest BCUT2D eigenvalue weighted by Crippen LogP contribution is -2.31. The van der Waals surface area contributed by atoms with E-state index in [2.05, 4.69) is 0 Å². The molecule has 9 heteroatoms. The van der Waals surface area contributed by atoms with Gasteiger partial charge in [0.1, 0.15) is 0 Å². The summed E-state index contributed by atoms with van der Waals surface area (Å²) in [6.07, 6.45) is 0. The summed E-state index contributed by atoms with van der Waals surface area (Å²) in [6.45, 7) is 3.09. The van der Waals surface area contributed by atoms with E-state index in [0.717, 1.165) is 0 Å². The number of hydrogen-bond acceptors (Lipinski definition) is 4. The summed E-state index contributed by atoms with van der Waals surface area (Å²) in [6, 6.07) is 11.4. The SMILES string of the molecule is COP(=O)(OC)N(c1ccccc1C(C)(C)C(=O)O)c1c(Cl)cccc1Cl. The standard InChI is InChI=1S/C18H20Cl2NO5P/c1-18(2,17(22)23)12-8-5-6-11-15(12)21(27(24,25-3)26-4)16-13(19)9-7-10-14(16)20/h5-11H,1-4H3,(H,22,23). The molecule has 6 nitrogen and oxygen atoms in total. The first-order valence-electron chi connectivity index (χ1n) is 7.89. The van der Waals surface area contributed by atoms with Gasteiger partial charge in [0.25, 0.3) is 0 Å². The maximum Gasteiger partial charge on any atom is 0.439 e. The Hall–Kier alpha value is -1.56. The predicted molar refractivity (Wildman–Crippen MR) is 107 cm³/mol. The van der Waals surface area contributed by atoms with Crippen molar-refractivity contribution in [3.05, 3.63) is 58.1 Å². The van der Waals surface area contributed by atoms with Crippen LogP contribution in [0.2, 0.25) is 10.0 Å². The highest BCUT2D eigenvalue weighted by Crippen LogP contribution is 2.60. The lowest BCUT2D eigenvalue weighted by Gasteiger charge is -2.35. The Morgan fingerprint density at radius 3 is 2.04 bits per heavy atom. The van der Waals surface area contributed by atoms with Crippen molar-refractivity contribution < 1.29 is 23.5 Å². The fraction of sp³-hybridized carbons (Fsp3) is 0.278. The molecule has 2 aromatic carbocycles. The number of rotatable bonds is 7. The maximum absolute atomic E-state index is 13.4. The van der Waals surface area contributed by atoms with Crippen LogP contribution in [0.5, 0.6) is 0 Å². The van der Waals surface area contributed by atoms with Gasteiger partial charge in [-0.15, -0.1) is 0 Å². The molecule has 0 radical (unpaired) electrons. The summed E-state index contributed by atoms with van der Waals surface area (Å²) >= 11 is 12.7. The molecule has 0 heterocycles. The molecule has 0 saturated heterocycles. The first-order chi connectivity index (χ1) is 12.6. The van der Waals surface area contributed by atoms with Gasteiger partial charge in [-0.3, -0.25) is 13.8 Å². The second-order valence-corrected chi connectivity index (χ2v) is 9.04. The minimum atomic E-state index is -3.94. The molecule has 2 aromatic rings. The van der Waals surface area contributed by atoms with Crippen LogP contribution >= 0.6 is 30.9 Å². The van der Waals surface area contributed by atoms with Gasteiger partial charge in [0, 0.05) is 14.2 Å². The van der Waals surface area contributed by atoms with Gasteiger partial charge in [0.05, 0.1) is 26.8 Å². The zero-order chi connectivity index (χ0) is 20.4. The van der Waals surface area contributed by atoms with E-state index in [1.54, 1.807) is 56.3 Å². The topological polar surface area (TPSA) is 76.1 Å². The van der Waals surface area contributed by atoms with Crippen molar-refractivity contribution >= 4 is 48.3 Å². The zero-order valence-corrected chi connectivity index (χ0v) is 17.7. The molecule has 0 unspecified atom stereocenters. The molecule has 0 aromatic heterocycles. The second kappa shape index (κ2) is 8.21. The number of benzene rings is 2. The van der Waals surface area contributed by atoms with Gasteiger partial charge in [-0.2, -0.15) is 0 Å². The molecule has 2 rings (SSSR count). The van der Waals surface area contributed by atoms with Crippen LogP contribution in [0, 0.1) is 0 Å². The average Bonchev–Trinajstić information content (AvgIpc) is 2.64. The van der Waals surface area contributed by atoms with Gasteiger partial charge in [-0.1, -0.05) is 47.5 Å². The highest BCUT2D eigenvalue weighted by atomic mass is 35.5. The van der Waals surface area contributed by atoms with E-state index >= 15 is 0 Å². The first kappa shape index (κ1) is 21.7. The fourth-order valence-electron chi connectivity index (χ4n) is 2.61. The Kier molecular flexibility index (Phi) is 6.61. The third kappa shape index (κ3) is 4.00. The number of carbonyl (C=O) groups is 1. The Bertz CT molecular complexity index is 875. The van der Waals surface area contributed by atoms with Crippen LogP contribution in [0.1, 0.15) is 19.4 Å². The molecule has 0 aliphatic rings. The van der Waals surface area contributed by atoms with Crippen molar-refractivity contribution in [2.75, 3.05) is 18.9 Å². The molecule has 0 atom stereocenters. The van der Waals surface area contributed by atoms with E-state index in [-0.39, 0.29) is 15.7 Å². The molecule has 0 amide bonds. The van der Waals surface area contributed by atoms with Crippen LogP contribution in [-0.4, -0.2) is 25.3 Å². The number of aliphatic carboxylic acids is 1. The zero-order valence-electron chi connectivity index (χ0n) is 15.3. The Balaban J connectivity index is 2.90. The summed E-state index contributed by atoms with van der Waals surface area (Å²) in [7, 11) is -1.49. The second-order valence-electron chi connectivity index (χ2n) is 6.16. The van der Waals surface area contributed by atoms with Gasteiger partial charge >= 0.3 is 13.7 Å². The molecule has 0 spiro atoms. The smallest absolute Gasteiger partial charge is 0.439 e. The van der Waals surface area contributed by atoms with Crippen LogP contribution in [0.3, 0.4) is 0 Å². The minimum absolute atomic E-state index is 0.196. The van der Waals surface area contributed by atoms with Crippen LogP contribution in [-0.2, 0) is 23.8 Å². The van der Waals surface area contributed by atoms with Crippen molar-refractivity contribution in [2.24, 2.45) is 0 Å². The van der Waals surface area contributed by atoms with Crippen molar-refractivity contribution in [3.8, 4) is 0 Å². The normalized spacial score (nSPS) is 12.1. The number of hydrogen-bond donors (Lipinski definition) is 1. The van der Waals surface area contributed by atoms with E-state index in [9.17, 15) is 14.5 Å². The number of carboxylic acid groups (broad SMARTS) is 1. The Labute approximate surface area is 168 Å². The number of carboxylic acids is 1. The van der Waals surface area contributed by atoms with Crippen molar-refractivity contribution in [2.45, 2.75) is 19.3 Å². The summed E-state index contributed by atoms with van der Waals surface area (Å²) in [5, 5.41) is 10.1. The van der Waals surface area contributed by atoms with E-state index in [1.807, 2.05) is 0 Å². The van der Waals surface area contributed by atoms with Gasteiger partial charge in [-0.25, -0.2) is 9.24 Å². The molecule has 0 aliphatic carbocycles. The number of halogens is 2. The quantitative estimate of drug-likeness (QED) is 0.550. The Morgan fingerprint density at radius 1 is 1.04 bits per heavy atom. The maximum atomic E-state index is 13.4. The molecule has 0 saturated carbocycles. The van der Waals surface area contributed by atoms with Gasteiger partial charge < -0.3 is 5.11 Å². The molecular weight excluding hydrogens is 412 g/mol. The third-order valence-corrected chi connectivity index (χ3v) is 6.63. The van der Waals surface area contributed by atoms with Gasteiger partial charge in [0.2, 0.25) is 0 Å². The molecule has 27 heavy (non-hydrogen) atoms. The van der Waals surface area contributed by atoms with Crippen LogP contribution in [0.4, 0.5) is 11.4 Å². The predicted octanol–water partition coefficient (Wildman–Crippen LogP) is 5.89. The summed E-state index contributed by atoms with van der Waals surface area (Å²) < 4.78 is 25.0. The molecule has 0 aliphatic heterocycles. The molecule has 0 bridgehead atoms. The summed E-state index contributed by atoms with van der Waals surface area (Å²) in [5.41, 5.74) is -0.411. The largest absolute Gasteiger partial charge is 0.481 e. The fourth-order valence-corrected chi connectivity index (χ4v) is 4.66. The van der Waals surface area contributed by atoms with E-state index in [0.29, 0.717) is 11.3 Å². The summed E-state index contributed by atoms with van der Waals surface area (Å²) in [5.74, 6) is -1.05. The van der Waals surface area contributed by atoms with E-state index in [4.69, 9.17) is 32.2 Å². The van der Waals surface area contributed by atoms with Gasteiger partial charge in [0.15, 0.2) is 0 Å². The van der Waals surface area contributed by atoms with Crippen molar-refractivity contribution in [1.29, 1.82) is 0 Å². The Morgan fingerprint density at radius 2 is 1.56 bits per heavy atom. The van der Waals surface area contributed by atoms with Gasteiger partial charge in [-0.05, 0) is 37.6 Å². The van der Waals surface area contributed by atoms with Crippen LogP contribution in [0.25, 0.3) is 0 Å². The van der Waals surface area contributed by atoms with Crippen LogP contribution < -0.4 is 4.67 Å². The highest BCUT2D eigenvalue weighted by Gasteiger charge is 2.41. The minimum Gasteiger partial charge on any atom is -0.481 e. The number of anilines is 2. The summed E-state index contributed by atoms with van der Waals surface area (Å²) in [4.78, 5) is 11.9. The highest BCUT2D eigenvalue weighted by molar-refractivity contribution is 7.56.